The molecule has 3 rings (SSSR count). The molecule has 0 aliphatic rings. The van der Waals surface area contributed by atoms with E-state index in [2.05, 4.69) is 10.3 Å². The Morgan fingerprint density at radius 3 is 2.68 bits per heavy atom. The fourth-order valence-corrected chi connectivity index (χ4v) is 2.99. The highest BCUT2D eigenvalue weighted by atomic mass is 35.5. The van der Waals surface area contributed by atoms with Gasteiger partial charge in [-0.1, -0.05) is 18.5 Å². The van der Waals surface area contributed by atoms with Crippen LogP contribution in [0.4, 0.5) is 18.9 Å². The Morgan fingerprint density at radius 2 is 2.04 bits per heavy atom. The molecule has 1 amide bonds. The molecule has 1 aromatic carbocycles. The lowest BCUT2D eigenvalue weighted by Crippen LogP contribution is -2.17. The average molecular weight is 412 g/mol. The van der Waals surface area contributed by atoms with Gasteiger partial charge < -0.3 is 10.1 Å². The predicted molar refractivity (Wildman–Crippen MR) is 100 cm³/mol. The van der Waals surface area contributed by atoms with E-state index in [0.717, 1.165) is 18.2 Å². The number of anilines is 1. The molecule has 0 saturated heterocycles. The minimum absolute atomic E-state index is 0.00299. The van der Waals surface area contributed by atoms with Gasteiger partial charge >= 0.3 is 6.18 Å². The average Bonchev–Trinajstić information content (AvgIpc) is 3.02. The highest BCUT2D eigenvalue weighted by Gasteiger charge is 2.31. The molecule has 2 heterocycles. The molecule has 9 heteroatoms. The summed E-state index contributed by atoms with van der Waals surface area (Å²) in [5, 5.41) is 2.47. The number of aryl methyl sites for hydroxylation is 1. The van der Waals surface area contributed by atoms with Crippen molar-refractivity contribution in [1.82, 2.24) is 9.38 Å². The van der Waals surface area contributed by atoms with Crippen LogP contribution in [0, 0.1) is 0 Å². The number of benzene rings is 1. The second-order valence-corrected chi connectivity index (χ2v) is 6.31. The summed E-state index contributed by atoms with van der Waals surface area (Å²) in [5.74, 6) is -0.102. The molecular weight excluding hydrogens is 395 g/mol. The quantitative estimate of drug-likeness (QED) is 0.626. The summed E-state index contributed by atoms with van der Waals surface area (Å²) in [5.41, 5.74) is 0.140. The van der Waals surface area contributed by atoms with Crippen LogP contribution >= 0.6 is 11.6 Å². The number of amides is 1. The molecule has 1 N–H and O–H groups in total. The maximum atomic E-state index is 13.0. The zero-order chi connectivity index (χ0) is 20.5. The van der Waals surface area contributed by atoms with Gasteiger partial charge in [-0.3, -0.25) is 9.20 Å². The van der Waals surface area contributed by atoms with Crippen molar-refractivity contribution in [3.8, 4) is 5.75 Å². The number of nitrogens with zero attached hydrogens (tertiary/aromatic N) is 2. The fourth-order valence-electron chi connectivity index (χ4n) is 2.82. The summed E-state index contributed by atoms with van der Waals surface area (Å²) in [6.45, 7) is 4.09. The number of imidazole rings is 1. The van der Waals surface area contributed by atoms with Crippen molar-refractivity contribution in [2.45, 2.75) is 26.4 Å². The van der Waals surface area contributed by atoms with Crippen molar-refractivity contribution >= 4 is 28.8 Å². The van der Waals surface area contributed by atoms with Crippen LogP contribution in [-0.2, 0) is 12.6 Å². The topological polar surface area (TPSA) is 55.6 Å². The van der Waals surface area contributed by atoms with Crippen LogP contribution in [0.2, 0.25) is 5.02 Å². The minimum atomic E-state index is -4.55. The van der Waals surface area contributed by atoms with Crippen LogP contribution < -0.4 is 10.1 Å². The van der Waals surface area contributed by atoms with Crippen LogP contribution in [0.5, 0.6) is 5.75 Å². The van der Waals surface area contributed by atoms with E-state index in [-0.39, 0.29) is 16.4 Å². The zero-order valence-electron chi connectivity index (χ0n) is 15.1. The summed E-state index contributed by atoms with van der Waals surface area (Å²) >= 11 is 5.99. The van der Waals surface area contributed by atoms with Gasteiger partial charge in [0.15, 0.2) is 11.4 Å². The second-order valence-electron chi connectivity index (χ2n) is 5.91. The zero-order valence-corrected chi connectivity index (χ0v) is 15.9. The number of alkyl halides is 3. The molecule has 0 spiro atoms. The van der Waals surface area contributed by atoms with Gasteiger partial charge in [0.25, 0.3) is 5.91 Å². The molecule has 2 aromatic heterocycles. The monoisotopic (exact) mass is 411 g/mol. The Bertz CT molecular complexity index is 1030. The molecule has 0 aliphatic carbocycles. The molecule has 0 radical (unpaired) electrons. The van der Waals surface area contributed by atoms with Crippen molar-refractivity contribution < 1.29 is 22.7 Å². The SMILES string of the molecule is CCOc1cccn2c(C(=O)Nc3cc(C(F)(F)F)ccc3Cl)c(CC)nc12. The van der Waals surface area contributed by atoms with Gasteiger partial charge in [-0.2, -0.15) is 13.2 Å². The minimum Gasteiger partial charge on any atom is -0.490 e. The number of nitrogens with one attached hydrogen (secondary N) is 1. The standard InChI is InChI=1S/C19H17ClF3N3O2/c1-3-13-16(26-9-5-6-15(28-4-2)17(26)24-13)18(27)25-14-10-11(19(21,22)23)7-8-12(14)20/h5-10H,3-4H2,1-2H3,(H,25,27). The molecule has 0 aliphatic heterocycles. The second kappa shape index (κ2) is 7.71. The van der Waals surface area contributed by atoms with E-state index in [1.165, 1.54) is 0 Å². The normalized spacial score (nSPS) is 11.6. The van der Waals surface area contributed by atoms with Crippen LogP contribution in [0.15, 0.2) is 36.5 Å². The lowest BCUT2D eigenvalue weighted by atomic mass is 10.2. The summed E-state index contributed by atoms with van der Waals surface area (Å²) in [4.78, 5) is 17.4. The lowest BCUT2D eigenvalue weighted by molar-refractivity contribution is -0.137. The van der Waals surface area contributed by atoms with E-state index in [9.17, 15) is 18.0 Å². The van der Waals surface area contributed by atoms with Crippen molar-refractivity contribution in [2.75, 3.05) is 11.9 Å². The van der Waals surface area contributed by atoms with Crippen LogP contribution in [0.1, 0.15) is 35.6 Å². The molecular formula is C19H17ClF3N3O2. The summed E-state index contributed by atoms with van der Waals surface area (Å²) in [7, 11) is 0. The number of halogens is 4. The van der Waals surface area contributed by atoms with Crippen LogP contribution in [-0.4, -0.2) is 21.9 Å². The highest BCUT2D eigenvalue weighted by Crippen LogP contribution is 2.34. The number of rotatable bonds is 5. The Kier molecular flexibility index (Phi) is 5.51. The number of hydrogen-bond donors (Lipinski definition) is 1. The largest absolute Gasteiger partial charge is 0.490 e. The Hall–Kier alpha value is -2.74. The number of hydrogen-bond acceptors (Lipinski definition) is 3. The molecule has 0 saturated carbocycles. The van der Waals surface area contributed by atoms with Gasteiger partial charge in [-0.25, -0.2) is 4.98 Å². The third kappa shape index (κ3) is 3.77. The summed E-state index contributed by atoms with van der Waals surface area (Å²) in [6, 6.07) is 6.20. The van der Waals surface area contributed by atoms with Crippen molar-refractivity contribution in [2.24, 2.45) is 0 Å². The first kappa shape index (κ1) is 20.0. The number of carbonyl (C=O) groups excluding carboxylic acids is 1. The van der Waals surface area contributed by atoms with Gasteiger partial charge in [0, 0.05) is 6.20 Å². The van der Waals surface area contributed by atoms with E-state index >= 15 is 0 Å². The Balaban J connectivity index is 2.04. The van der Waals surface area contributed by atoms with E-state index in [4.69, 9.17) is 16.3 Å². The smallest absolute Gasteiger partial charge is 0.416 e. The van der Waals surface area contributed by atoms with Gasteiger partial charge in [-0.05, 0) is 43.7 Å². The molecule has 148 valence electrons. The summed E-state index contributed by atoms with van der Waals surface area (Å²) in [6.07, 6.45) is -2.45. The first-order chi connectivity index (χ1) is 13.3. The first-order valence-corrected chi connectivity index (χ1v) is 8.94. The number of carbonyl (C=O) groups is 1. The molecule has 0 unspecified atom stereocenters. The number of aromatic nitrogens is 2. The van der Waals surface area contributed by atoms with Gasteiger partial charge in [0.1, 0.15) is 5.69 Å². The van der Waals surface area contributed by atoms with Crippen molar-refractivity contribution in [3.05, 3.63) is 58.5 Å². The first-order valence-electron chi connectivity index (χ1n) is 8.57. The molecule has 0 atom stereocenters. The molecule has 5 nitrogen and oxygen atoms in total. The number of ether oxygens (including phenoxy) is 1. The molecule has 0 fully saturated rings. The Labute approximate surface area is 164 Å². The molecule has 28 heavy (non-hydrogen) atoms. The summed E-state index contributed by atoms with van der Waals surface area (Å²) < 4.78 is 46.0. The van der Waals surface area contributed by atoms with Gasteiger partial charge in [0.2, 0.25) is 0 Å². The molecule has 0 bridgehead atoms. The number of pyridine rings is 1. The van der Waals surface area contributed by atoms with E-state index in [1.54, 1.807) is 22.7 Å². The predicted octanol–water partition coefficient (Wildman–Crippen LogP) is 5.22. The van der Waals surface area contributed by atoms with E-state index < -0.39 is 17.6 Å². The Morgan fingerprint density at radius 1 is 1.29 bits per heavy atom. The third-order valence-electron chi connectivity index (χ3n) is 4.08. The maximum Gasteiger partial charge on any atom is 0.416 e. The van der Waals surface area contributed by atoms with Crippen molar-refractivity contribution in [3.63, 3.8) is 0 Å². The van der Waals surface area contributed by atoms with Crippen LogP contribution in [0.3, 0.4) is 0 Å². The van der Waals surface area contributed by atoms with Gasteiger partial charge in [0.05, 0.1) is 28.6 Å². The van der Waals surface area contributed by atoms with E-state index in [0.29, 0.717) is 30.1 Å². The number of fused-ring (bicyclic) bond motifs is 1. The van der Waals surface area contributed by atoms with Crippen LogP contribution in [0.25, 0.3) is 5.65 Å². The molecule has 3 aromatic rings. The van der Waals surface area contributed by atoms with Crippen molar-refractivity contribution in [1.29, 1.82) is 0 Å². The van der Waals surface area contributed by atoms with E-state index in [1.807, 2.05) is 13.8 Å². The highest BCUT2D eigenvalue weighted by molar-refractivity contribution is 6.34. The lowest BCUT2D eigenvalue weighted by Gasteiger charge is -2.12. The maximum absolute atomic E-state index is 13.0. The fraction of sp³-hybridized carbons (Fsp3) is 0.263. The van der Waals surface area contributed by atoms with Gasteiger partial charge in [-0.15, -0.1) is 0 Å². The third-order valence-corrected chi connectivity index (χ3v) is 4.41.